The van der Waals surface area contributed by atoms with Crippen molar-refractivity contribution in [1.29, 1.82) is 0 Å². The number of anilines is 1. The van der Waals surface area contributed by atoms with Gasteiger partial charge in [-0.15, -0.1) is 0 Å². The van der Waals surface area contributed by atoms with E-state index in [9.17, 15) is 0 Å². The number of nitrogens with zero attached hydrogens (tertiary/aromatic N) is 2. The summed E-state index contributed by atoms with van der Waals surface area (Å²) >= 11 is 0. The highest BCUT2D eigenvalue weighted by atomic mass is 15.3. The molecule has 1 heterocycles. The molecule has 0 aliphatic carbocycles. The number of nitrogens with two attached hydrogens (primary N) is 1. The average molecular weight is 209 g/mol. The van der Waals surface area contributed by atoms with Crippen molar-refractivity contribution in [3.8, 4) is 0 Å². The van der Waals surface area contributed by atoms with Crippen molar-refractivity contribution in [2.45, 2.75) is 47.6 Å². The van der Waals surface area contributed by atoms with Crippen LogP contribution in [-0.2, 0) is 6.54 Å². The van der Waals surface area contributed by atoms with E-state index in [1.165, 1.54) is 6.42 Å². The molecule has 0 amide bonds. The monoisotopic (exact) mass is 209 g/mol. The van der Waals surface area contributed by atoms with E-state index in [4.69, 9.17) is 5.73 Å². The Morgan fingerprint density at radius 2 is 2.07 bits per heavy atom. The van der Waals surface area contributed by atoms with Gasteiger partial charge >= 0.3 is 0 Å². The van der Waals surface area contributed by atoms with Gasteiger partial charge in [-0.25, -0.2) is 0 Å². The van der Waals surface area contributed by atoms with Crippen LogP contribution in [0.25, 0.3) is 0 Å². The summed E-state index contributed by atoms with van der Waals surface area (Å²) in [5.74, 6) is 1.28. The maximum atomic E-state index is 5.71. The van der Waals surface area contributed by atoms with Crippen LogP contribution in [0.4, 0.5) is 5.82 Å². The minimum absolute atomic E-state index is 0.382. The quantitative estimate of drug-likeness (QED) is 0.832. The van der Waals surface area contributed by atoms with Crippen molar-refractivity contribution in [3.63, 3.8) is 0 Å². The van der Waals surface area contributed by atoms with Crippen molar-refractivity contribution < 1.29 is 0 Å². The predicted molar refractivity (Wildman–Crippen MR) is 64.6 cm³/mol. The second-order valence-electron chi connectivity index (χ2n) is 5.79. The maximum absolute atomic E-state index is 5.71. The van der Waals surface area contributed by atoms with Crippen LogP contribution in [0.15, 0.2) is 6.20 Å². The van der Waals surface area contributed by atoms with Gasteiger partial charge in [-0.3, -0.25) is 4.68 Å². The standard InChI is InChI=1S/C12H23N3/c1-9(6-12(3,4)5)7-15-8-10(2)11(13)14-15/h8-9H,6-7H2,1-5H3,(H2,13,14). The summed E-state index contributed by atoms with van der Waals surface area (Å²) in [6.45, 7) is 12.0. The molecule has 0 fully saturated rings. The molecule has 0 spiro atoms. The van der Waals surface area contributed by atoms with Crippen LogP contribution in [0.2, 0.25) is 0 Å². The van der Waals surface area contributed by atoms with Crippen molar-refractivity contribution in [3.05, 3.63) is 11.8 Å². The summed E-state index contributed by atoms with van der Waals surface area (Å²) in [6, 6.07) is 0. The highest BCUT2D eigenvalue weighted by Crippen LogP contribution is 2.25. The molecule has 1 atom stereocenters. The Kier molecular flexibility index (Phi) is 3.42. The molecule has 1 unspecified atom stereocenters. The first-order chi connectivity index (χ1) is 6.78. The summed E-state index contributed by atoms with van der Waals surface area (Å²) in [5.41, 5.74) is 7.16. The van der Waals surface area contributed by atoms with Gasteiger partial charge in [0.25, 0.3) is 0 Å². The lowest BCUT2D eigenvalue weighted by Gasteiger charge is -2.23. The summed E-state index contributed by atoms with van der Waals surface area (Å²) in [7, 11) is 0. The van der Waals surface area contributed by atoms with Gasteiger partial charge in [0.1, 0.15) is 5.82 Å². The van der Waals surface area contributed by atoms with Crippen LogP contribution in [0.1, 0.15) is 39.7 Å². The first-order valence-electron chi connectivity index (χ1n) is 5.57. The van der Waals surface area contributed by atoms with Crippen LogP contribution in [0.5, 0.6) is 0 Å². The van der Waals surface area contributed by atoms with E-state index in [1.807, 2.05) is 17.8 Å². The normalized spacial score (nSPS) is 14.2. The molecule has 1 aromatic heterocycles. The Balaban J connectivity index is 2.55. The van der Waals surface area contributed by atoms with E-state index in [-0.39, 0.29) is 0 Å². The van der Waals surface area contributed by atoms with Gasteiger partial charge < -0.3 is 5.73 Å². The smallest absolute Gasteiger partial charge is 0.148 e. The van der Waals surface area contributed by atoms with Crippen molar-refractivity contribution >= 4 is 5.82 Å². The van der Waals surface area contributed by atoms with Gasteiger partial charge in [0, 0.05) is 18.3 Å². The van der Waals surface area contributed by atoms with Crippen LogP contribution < -0.4 is 5.73 Å². The van der Waals surface area contributed by atoms with Gasteiger partial charge in [-0.2, -0.15) is 5.10 Å². The Hall–Kier alpha value is -0.990. The minimum atomic E-state index is 0.382. The number of rotatable bonds is 3. The zero-order valence-corrected chi connectivity index (χ0v) is 10.5. The van der Waals surface area contributed by atoms with Crippen LogP contribution in [0.3, 0.4) is 0 Å². The van der Waals surface area contributed by atoms with Gasteiger partial charge in [0.15, 0.2) is 0 Å². The molecule has 0 saturated carbocycles. The number of hydrogen-bond acceptors (Lipinski definition) is 2. The fourth-order valence-corrected chi connectivity index (χ4v) is 2.06. The fraction of sp³-hybridized carbons (Fsp3) is 0.750. The lowest BCUT2D eigenvalue weighted by molar-refractivity contribution is 0.280. The molecule has 0 radical (unpaired) electrons. The molecular formula is C12H23N3. The molecule has 0 saturated heterocycles. The lowest BCUT2D eigenvalue weighted by atomic mass is 9.85. The SMILES string of the molecule is Cc1cn(CC(C)CC(C)(C)C)nc1N. The number of aromatic nitrogens is 2. The van der Waals surface area contributed by atoms with E-state index in [0.717, 1.165) is 12.1 Å². The topological polar surface area (TPSA) is 43.8 Å². The molecule has 3 heteroatoms. The third-order valence-corrected chi connectivity index (χ3v) is 2.44. The van der Waals surface area contributed by atoms with E-state index in [1.54, 1.807) is 0 Å². The minimum Gasteiger partial charge on any atom is -0.382 e. The van der Waals surface area contributed by atoms with Crippen molar-refractivity contribution in [1.82, 2.24) is 9.78 Å². The fourth-order valence-electron chi connectivity index (χ4n) is 2.06. The van der Waals surface area contributed by atoms with Gasteiger partial charge in [0.05, 0.1) is 0 Å². The molecule has 86 valence electrons. The Labute approximate surface area is 92.7 Å². The summed E-state index contributed by atoms with van der Waals surface area (Å²) in [5, 5.41) is 4.27. The van der Waals surface area contributed by atoms with Crippen molar-refractivity contribution in [2.75, 3.05) is 5.73 Å². The molecule has 0 aromatic carbocycles. The molecule has 3 nitrogen and oxygen atoms in total. The molecule has 0 aliphatic rings. The summed E-state index contributed by atoms with van der Waals surface area (Å²) in [6.07, 6.45) is 3.22. The maximum Gasteiger partial charge on any atom is 0.148 e. The zero-order chi connectivity index (χ0) is 11.6. The second-order valence-corrected chi connectivity index (χ2v) is 5.79. The van der Waals surface area contributed by atoms with Crippen LogP contribution in [0, 0.1) is 18.3 Å². The average Bonchev–Trinajstić information content (AvgIpc) is 2.26. The molecule has 1 aromatic rings. The largest absolute Gasteiger partial charge is 0.382 e. The Bertz CT molecular complexity index is 301. The summed E-state index contributed by atoms with van der Waals surface area (Å²) < 4.78 is 1.96. The lowest BCUT2D eigenvalue weighted by Crippen LogP contribution is -2.16. The highest BCUT2D eigenvalue weighted by Gasteiger charge is 2.16. The molecule has 1 rings (SSSR count). The second kappa shape index (κ2) is 4.25. The number of hydrogen-bond donors (Lipinski definition) is 1. The Morgan fingerprint density at radius 1 is 1.47 bits per heavy atom. The zero-order valence-electron chi connectivity index (χ0n) is 10.5. The number of nitrogen functional groups attached to an aromatic ring is 1. The van der Waals surface area contributed by atoms with Gasteiger partial charge in [-0.05, 0) is 24.7 Å². The molecule has 2 N–H and O–H groups in total. The first-order valence-corrected chi connectivity index (χ1v) is 5.57. The predicted octanol–water partition coefficient (Wildman–Crippen LogP) is 2.85. The number of aryl methyl sites for hydroxylation is 1. The van der Waals surface area contributed by atoms with Crippen LogP contribution >= 0.6 is 0 Å². The van der Waals surface area contributed by atoms with E-state index in [0.29, 0.717) is 17.2 Å². The molecular weight excluding hydrogens is 186 g/mol. The van der Waals surface area contributed by atoms with Gasteiger partial charge in [-0.1, -0.05) is 27.7 Å². The van der Waals surface area contributed by atoms with E-state index < -0.39 is 0 Å². The van der Waals surface area contributed by atoms with Crippen LogP contribution in [-0.4, -0.2) is 9.78 Å². The molecule has 0 bridgehead atoms. The molecule has 0 aliphatic heterocycles. The first kappa shape index (κ1) is 12.1. The Morgan fingerprint density at radius 3 is 2.47 bits per heavy atom. The third-order valence-electron chi connectivity index (χ3n) is 2.44. The van der Waals surface area contributed by atoms with E-state index in [2.05, 4.69) is 32.8 Å². The van der Waals surface area contributed by atoms with Gasteiger partial charge in [0.2, 0.25) is 0 Å². The third kappa shape index (κ3) is 3.94. The summed E-state index contributed by atoms with van der Waals surface area (Å²) in [4.78, 5) is 0. The van der Waals surface area contributed by atoms with Crippen molar-refractivity contribution in [2.24, 2.45) is 11.3 Å². The molecule has 15 heavy (non-hydrogen) atoms. The highest BCUT2D eigenvalue weighted by molar-refractivity contribution is 5.35. The van der Waals surface area contributed by atoms with E-state index >= 15 is 0 Å².